The molecule has 5 heteroatoms. The molecular formula is C10H13BrN4. The molecule has 15 heavy (non-hydrogen) atoms. The van der Waals surface area contributed by atoms with E-state index in [1.54, 1.807) is 0 Å². The van der Waals surface area contributed by atoms with Crippen LogP contribution in [0.1, 0.15) is 5.69 Å². The van der Waals surface area contributed by atoms with E-state index < -0.39 is 0 Å². The molecule has 2 rings (SSSR count). The Bertz CT molecular complexity index is 402. The van der Waals surface area contributed by atoms with Crippen molar-refractivity contribution in [2.45, 2.75) is 6.92 Å². The number of aryl methyl sites for hydroxylation is 1. The third kappa shape index (κ3) is 2.07. The molecule has 0 unspecified atom stereocenters. The smallest absolute Gasteiger partial charge is 0.147 e. The van der Waals surface area contributed by atoms with E-state index in [1.165, 1.54) is 0 Å². The lowest BCUT2D eigenvalue weighted by molar-refractivity contribution is 0.738. The average Bonchev–Trinajstić information content (AvgIpc) is 2.70. The normalized spacial score (nSPS) is 14.9. The third-order valence-corrected chi connectivity index (χ3v) is 3.12. The molecule has 0 amide bonds. The van der Waals surface area contributed by atoms with Crippen LogP contribution in [0.4, 0.5) is 5.82 Å². The van der Waals surface area contributed by atoms with Gasteiger partial charge in [0.2, 0.25) is 0 Å². The van der Waals surface area contributed by atoms with Crippen molar-refractivity contribution in [3.63, 3.8) is 0 Å². The zero-order valence-corrected chi connectivity index (χ0v) is 10.3. The van der Waals surface area contributed by atoms with E-state index in [1.807, 2.05) is 31.1 Å². The van der Waals surface area contributed by atoms with Gasteiger partial charge in [-0.3, -0.25) is 10.4 Å². The molecular weight excluding hydrogens is 256 g/mol. The second kappa shape index (κ2) is 4.10. The van der Waals surface area contributed by atoms with Gasteiger partial charge in [0, 0.05) is 11.5 Å². The van der Waals surface area contributed by atoms with Crippen molar-refractivity contribution in [2.24, 2.45) is 0 Å². The number of hydrogen-bond donors (Lipinski definition) is 2. The first-order valence-corrected chi connectivity index (χ1v) is 5.55. The topological polar surface area (TPSA) is 40.2 Å². The highest BCUT2D eigenvalue weighted by atomic mass is 79.9. The minimum absolute atomic E-state index is 0.824. The fourth-order valence-corrected chi connectivity index (χ4v) is 1.63. The second-order valence-electron chi connectivity index (χ2n) is 3.33. The molecule has 1 aromatic rings. The van der Waals surface area contributed by atoms with E-state index in [4.69, 9.17) is 0 Å². The Kier molecular flexibility index (Phi) is 2.81. The molecule has 2 N–H and O–H groups in total. The molecule has 2 heterocycles. The third-order valence-electron chi connectivity index (χ3n) is 2.29. The van der Waals surface area contributed by atoms with Crippen molar-refractivity contribution in [1.29, 1.82) is 0 Å². The first-order valence-electron chi connectivity index (χ1n) is 4.76. The van der Waals surface area contributed by atoms with Gasteiger partial charge >= 0.3 is 0 Å². The number of pyridine rings is 1. The van der Waals surface area contributed by atoms with Crippen molar-refractivity contribution in [1.82, 2.24) is 15.7 Å². The van der Waals surface area contributed by atoms with Gasteiger partial charge < -0.3 is 5.32 Å². The zero-order valence-electron chi connectivity index (χ0n) is 8.71. The van der Waals surface area contributed by atoms with Crippen LogP contribution in [0.3, 0.4) is 0 Å². The van der Waals surface area contributed by atoms with Crippen LogP contribution in [0.15, 0.2) is 28.5 Å². The lowest BCUT2D eigenvalue weighted by Gasteiger charge is -2.19. The summed E-state index contributed by atoms with van der Waals surface area (Å²) in [7, 11) is 1.89. The molecule has 0 spiro atoms. The van der Waals surface area contributed by atoms with E-state index >= 15 is 0 Å². The minimum atomic E-state index is 0.824. The summed E-state index contributed by atoms with van der Waals surface area (Å²) in [6, 6.07) is 3.99. The Morgan fingerprint density at radius 3 is 2.93 bits per heavy atom. The lowest BCUT2D eigenvalue weighted by Crippen LogP contribution is -2.35. The zero-order chi connectivity index (χ0) is 10.8. The average molecular weight is 269 g/mol. The summed E-state index contributed by atoms with van der Waals surface area (Å²) in [6.45, 7) is 2.81. The van der Waals surface area contributed by atoms with Gasteiger partial charge in [-0.1, -0.05) is 0 Å². The molecule has 1 aromatic heterocycles. The van der Waals surface area contributed by atoms with Crippen LogP contribution in [-0.2, 0) is 0 Å². The molecule has 0 atom stereocenters. The quantitative estimate of drug-likeness (QED) is 0.854. The van der Waals surface area contributed by atoms with Gasteiger partial charge in [-0.05, 0) is 41.1 Å². The molecule has 0 fully saturated rings. The van der Waals surface area contributed by atoms with Gasteiger partial charge in [0.25, 0.3) is 0 Å². The molecule has 1 aliphatic heterocycles. The van der Waals surface area contributed by atoms with Crippen molar-refractivity contribution < 1.29 is 0 Å². The highest BCUT2D eigenvalue weighted by molar-refractivity contribution is 9.10. The van der Waals surface area contributed by atoms with E-state index in [2.05, 4.69) is 37.7 Å². The molecule has 0 aromatic carbocycles. The molecule has 0 saturated heterocycles. The van der Waals surface area contributed by atoms with E-state index in [0.29, 0.717) is 0 Å². The fraction of sp³-hybridized carbons (Fsp3) is 0.300. The summed E-state index contributed by atoms with van der Waals surface area (Å²) in [5, 5.41) is 5.05. The summed E-state index contributed by atoms with van der Waals surface area (Å²) in [4.78, 5) is 4.48. The first-order chi connectivity index (χ1) is 7.20. The standard InChI is InChI=1S/C10H13BrN4/c1-7-8(11)3-4-10(13-7)15-6-5-9(12-2)14-15/h3-5,12,14H,6H2,1-2H3. The number of aromatic nitrogens is 1. The SMILES string of the molecule is CNC1=CCN(c2ccc(Br)c(C)n2)N1. The fourth-order valence-electron chi connectivity index (χ4n) is 1.41. The van der Waals surface area contributed by atoms with Gasteiger partial charge in [0.15, 0.2) is 0 Å². The van der Waals surface area contributed by atoms with Crippen LogP contribution < -0.4 is 15.8 Å². The molecule has 0 aliphatic carbocycles. The molecule has 80 valence electrons. The summed E-state index contributed by atoms with van der Waals surface area (Å²) in [5.41, 5.74) is 4.20. The first kappa shape index (κ1) is 10.3. The molecule has 0 bridgehead atoms. The number of halogens is 1. The maximum atomic E-state index is 4.48. The Morgan fingerprint density at radius 1 is 1.53 bits per heavy atom. The number of nitrogens with one attached hydrogen (secondary N) is 2. The predicted molar refractivity (Wildman–Crippen MR) is 64.3 cm³/mol. The van der Waals surface area contributed by atoms with E-state index in [-0.39, 0.29) is 0 Å². The van der Waals surface area contributed by atoms with Gasteiger partial charge in [-0.2, -0.15) is 0 Å². The lowest BCUT2D eigenvalue weighted by atomic mass is 10.3. The Labute approximate surface area is 97.5 Å². The summed E-state index contributed by atoms with van der Waals surface area (Å²) < 4.78 is 1.03. The Hall–Kier alpha value is -1.23. The highest BCUT2D eigenvalue weighted by Crippen LogP contribution is 2.19. The number of anilines is 1. The van der Waals surface area contributed by atoms with Crippen molar-refractivity contribution in [2.75, 3.05) is 18.6 Å². The van der Waals surface area contributed by atoms with Crippen molar-refractivity contribution >= 4 is 21.7 Å². The van der Waals surface area contributed by atoms with Gasteiger partial charge in [0.05, 0.1) is 12.2 Å². The largest absolute Gasteiger partial charge is 0.374 e. The number of rotatable bonds is 2. The molecule has 0 radical (unpaired) electrons. The number of hydrogen-bond acceptors (Lipinski definition) is 4. The molecule has 0 saturated carbocycles. The van der Waals surface area contributed by atoms with Gasteiger partial charge in [-0.25, -0.2) is 4.98 Å². The minimum Gasteiger partial charge on any atom is -0.374 e. The van der Waals surface area contributed by atoms with Crippen LogP contribution in [-0.4, -0.2) is 18.6 Å². The summed E-state index contributed by atoms with van der Waals surface area (Å²) in [5.74, 6) is 1.94. The van der Waals surface area contributed by atoms with Crippen LogP contribution in [0.2, 0.25) is 0 Å². The van der Waals surface area contributed by atoms with Crippen LogP contribution in [0, 0.1) is 6.92 Å². The number of hydrazine groups is 1. The number of nitrogens with zero attached hydrogens (tertiary/aromatic N) is 2. The monoisotopic (exact) mass is 268 g/mol. The van der Waals surface area contributed by atoms with Crippen LogP contribution >= 0.6 is 15.9 Å². The Morgan fingerprint density at radius 2 is 2.33 bits per heavy atom. The van der Waals surface area contributed by atoms with Crippen LogP contribution in [0.25, 0.3) is 0 Å². The highest BCUT2D eigenvalue weighted by Gasteiger charge is 2.14. The molecule has 1 aliphatic rings. The summed E-state index contributed by atoms with van der Waals surface area (Å²) >= 11 is 3.44. The van der Waals surface area contributed by atoms with Gasteiger partial charge in [-0.15, -0.1) is 0 Å². The maximum Gasteiger partial charge on any atom is 0.147 e. The van der Waals surface area contributed by atoms with Crippen LogP contribution in [0.5, 0.6) is 0 Å². The van der Waals surface area contributed by atoms with E-state index in [0.717, 1.165) is 28.4 Å². The van der Waals surface area contributed by atoms with E-state index in [9.17, 15) is 0 Å². The second-order valence-corrected chi connectivity index (χ2v) is 4.18. The maximum absolute atomic E-state index is 4.48. The van der Waals surface area contributed by atoms with Crippen molar-refractivity contribution in [3.05, 3.63) is 34.2 Å². The van der Waals surface area contributed by atoms with Crippen molar-refractivity contribution in [3.8, 4) is 0 Å². The Balaban J connectivity index is 2.15. The van der Waals surface area contributed by atoms with Gasteiger partial charge in [0.1, 0.15) is 11.6 Å². The summed E-state index contributed by atoms with van der Waals surface area (Å²) in [6.07, 6.45) is 2.08. The predicted octanol–water partition coefficient (Wildman–Crippen LogP) is 1.54. The molecule has 4 nitrogen and oxygen atoms in total.